The molecule has 1 aliphatic rings. The van der Waals surface area contributed by atoms with Gasteiger partial charge >= 0.3 is 5.97 Å². The van der Waals surface area contributed by atoms with Crippen molar-refractivity contribution in [1.29, 1.82) is 0 Å². The summed E-state index contributed by atoms with van der Waals surface area (Å²) in [5.74, 6) is -1.68. The second kappa shape index (κ2) is 5.81. The van der Waals surface area contributed by atoms with E-state index in [9.17, 15) is 19.1 Å². The van der Waals surface area contributed by atoms with Crippen LogP contribution in [0.4, 0.5) is 10.1 Å². The minimum absolute atomic E-state index is 0.0151. The SMILES string of the molecule is Cc1ccc(F)cc1NC(=O)CN1CCCC1(C)C(=O)O. The Hall–Kier alpha value is -1.95. The van der Waals surface area contributed by atoms with Crippen molar-refractivity contribution in [2.45, 2.75) is 32.2 Å². The van der Waals surface area contributed by atoms with E-state index >= 15 is 0 Å². The molecular weight excluding hydrogens is 275 g/mol. The summed E-state index contributed by atoms with van der Waals surface area (Å²) >= 11 is 0. The van der Waals surface area contributed by atoms with E-state index in [-0.39, 0.29) is 12.5 Å². The molecule has 2 N–H and O–H groups in total. The number of carbonyl (C=O) groups excluding carboxylic acids is 1. The third-order valence-corrected chi connectivity index (χ3v) is 4.06. The first-order chi connectivity index (χ1) is 9.83. The highest BCUT2D eigenvalue weighted by Gasteiger charge is 2.43. The minimum atomic E-state index is -1.01. The highest BCUT2D eigenvalue weighted by molar-refractivity contribution is 5.93. The first kappa shape index (κ1) is 15.4. The van der Waals surface area contributed by atoms with Crippen LogP contribution in [0.2, 0.25) is 0 Å². The van der Waals surface area contributed by atoms with Crippen LogP contribution in [0, 0.1) is 12.7 Å². The van der Waals surface area contributed by atoms with Crippen molar-refractivity contribution in [3.05, 3.63) is 29.6 Å². The van der Waals surface area contributed by atoms with E-state index in [1.54, 1.807) is 24.8 Å². The Bertz CT molecular complexity index is 576. The number of amides is 1. The number of aliphatic carboxylic acids is 1. The van der Waals surface area contributed by atoms with Gasteiger partial charge < -0.3 is 10.4 Å². The van der Waals surface area contributed by atoms with Crippen LogP contribution < -0.4 is 5.32 Å². The van der Waals surface area contributed by atoms with Gasteiger partial charge in [-0.3, -0.25) is 14.5 Å². The lowest BCUT2D eigenvalue weighted by atomic mass is 9.99. The van der Waals surface area contributed by atoms with Crippen LogP contribution in [-0.2, 0) is 9.59 Å². The van der Waals surface area contributed by atoms with Crippen molar-refractivity contribution in [1.82, 2.24) is 4.90 Å². The molecule has 0 aliphatic carbocycles. The van der Waals surface area contributed by atoms with Gasteiger partial charge in [0.05, 0.1) is 6.54 Å². The smallest absolute Gasteiger partial charge is 0.323 e. The lowest BCUT2D eigenvalue weighted by molar-refractivity contribution is -0.149. The Labute approximate surface area is 122 Å². The Kier molecular flexibility index (Phi) is 4.27. The molecule has 0 saturated carbocycles. The van der Waals surface area contributed by atoms with E-state index in [2.05, 4.69) is 5.32 Å². The lowest BCUT2D eigenvalue weighted by Gasteiger charge is -2.30. The van der Waals surface area contributed by atoms with E-state index in [4.69, 9.17) is 0 Å². The molecule has 1 unspecified atom stereocenters. The van der Waals surface area contributed by atoms with E-state index in [1.807, 2.05) is 0 Å². The zero-order valence-corrected chi connectivity index (χ0v) is 12.1. The number of rotatable bonds is 4. The second-order valence-electron chi connectivity index (χ2n) is 5.61. The molecule has 0 aromatic heterocycles. The molecule has 1 amide bonds. The zero-order valence-electron chi connectivity index (χ0n) is 12.1. The number of nitrogens with one attached hydrogen (secondary N) is 1. The zero-order chi connectivity index (χ0) is 15.6. The molecule has 114 valence electrons. The van der Waals surface area contributed by atoms with Gasteiger partial charge in [0.2, 0.25) is 5.91 Å². The van der Waals surface area contributed by atoms with Crippen molar-refractivity contribution in [3.63, 3.8) is 0 Å². The topological polar surface area (TPSA) is 69.6 Å². The quantitative estimate of drug-likeness (QED) is 0.891. The summed E-state index contributed by atoms with van der Waals surface area (Å²) in [5.41, 5.74) is 0.164. The average Bonchev–Trinajstić information content (AvgIpc) is 2.77. The van der Waals surface area contributed by atoms with Crippen LogP contribution in [0.5, 0.6) is 0 Å². The van der Waals surface area contributed by atoms with Crippen LogP contribution in [0.25, 0.3) is 0 Å². The number of aryl methyl sites for hydroxylation is 1. The number of benzene rings is 1. The van der Waals surface area contributed by atoms with E-state index in [0.29, 0.717) is 18.7 Å². The van der Waals surface area contributed by atoms with Crippen LogP contribution in [0.15, 0.2) is 18.2 Å². The summed E-state index contributed by atoms with van der Waals surface area (Å²) < 4.78 is 13.2. The third-order valence-electron chi connectivity index (χ3n) is 4.06. The maximum absolute atomic E-state index is 13.2. The minimum Gasteiger partial charge on any atom is -0.480 e. The molecule has 1 fully saturated rings. The number of halogens is 1. The molecule has 21 heavy (non-hydrogen) atoms. The Morgan fingerprint density at radius 1 is 1.48 bits per heavy atom. The maximum Gasteiger partial charge on any atom is 0.323 e. The van der Waals surface area contributed by atoms with Crippen molar-refractivity contribution in [2.24, 2.45) is 0 Å². The molecule has 6 heteroatoms. The standard InChI is InChI=1S/C15H19FN2O3/c1-10-4-5-11(16)8-12(10)17-13(19)9-18-7-3-6-15(18,2)14(20)21/h4-5,8H,3,6-7,9H2,1-2H3,(H,17,19)(H,20,21). The summed E-state index contributed by atoms with van der Waals surface area (Å²) in [6.45, 7) is 3.95. The molecular formula is C15H19FN2O3. The number of carboxylic acids is 1. The first-order valence-corrected chi connectivity index (χ1v) is 6.87. The lowest BCUT2D eigenvalue weighted by Crippen LogP contribution is -2.50. The molecule has 0 bridgehead atoms. The first-order valence-electron chi connectivity index (χ1n) is 6.87. The molecule has 0 spiro atoms. The van der Waals surface area contributed by atoms with Gasteiger partial charge in [0, 0.05) is 5.69 Å². The summed E-state index contributed by atoms with van der Waals surface area (Å²) in [6.07, 6.45) is 1.27. The van der Waals surface area contributed by atoms with Gasteiger partial charge in [-0.15, -0.1) is 0 Å². The molecule has 1 atom stereocenters. The van der Waals surface area contributed by atoms with Crippen LogP contribution in [0.1, 0.15) is 25.3 Å². The van der Waals surface area contributed by atoms with Gasteiger partial charge in [-0.1, -0.05) is 6.07 Å². The second-order valence-corrected chi connectivity index (χ2v) is 5.61. The van der Waals surface area contributed by atoms with Gasteiger partial charge in [-0.2, -0.15) is 0 Å². The molecule has 1 aromatic rings. The van der Waals surface area contributed by atoms with Gasteiger partial charge in [-0.25, -0.2) is 4.39 Å². The van der Waals surface area contributed by atoms with Gasteiger partial charge in [0.1, 0.15) is 11.4 Å². The number of carbonyl (C=O) groups is 2. The molecule has 1 aliphatic heterocycles. The van der Waals surface area contributed by atoms with Crippen LogP contribution >= 0.6 is 0 Å². The molecule has 0 radical (unpaired) electrons. The van der Waals surface area contributed by atoms with Crippen LogP contribution in [-0.4, -0.2) is 40.5 Å². The summed E-state index contributed by atoms with van der Waals surface area (Å²) in [5, 5.41) is 11.9. The predicted molar refractivity (Wildman–Crippen MR) is 76.6 cm³/mol. The number of likely N-dealkylation sites (tertiary alicyclic amines) is 1. The van der Waals surface area contributed by atoms with Gasteiger partial charge in [0.25, 0.3) is 0 Å². The highest BCUT2D eigenvalue weighted by Crippen LogP contribution is 2.29. The fraction of sp³-hybridized carbons (Fsp3) is 0.467. The predicted octanol–water partition coefficient (Wildman–Crippen LogP) is 2.01. The van der Waals surface area contributed by atoms with Crippen LogP contribution in [0.3, 0.4) is 0 Å². The number of anilines is 1. The van der Waals surface area contributed by atoms with Gasteiger partial charge in [-0.05, 0) is 50.9 Å². The molecule has 5 nitrogen and oxygen atoms in total. The van der Waals surface area contributed by atoms with Gasteiger partial charge in [0.15, 0.2) is 0 Å². The number of nitrogens with zero attached hydrogens (tertiary/aromatic N) is 1. The van der Waals surface area contributed by atoms with E-state index in [0.717, 1.165) is 12.0 Å². The fourth-order valence-electron chi connectivity index (χ4n) is 2.61. The Morgan fingerprint density at radius 3 is 2.86 bits per heavy atom. The van der Waals surface area contributed by atoms with Crippen molar-refractivity contribution < 1.29 is 19.1 Å². The summed E-state index contributed by atoms with van der Waals surface area (Å²) in [7, 11) is 0. The molecule has 1 saturated heterocycles. The number of hydrogen-bond acceptors (Lipinski definition) is 3. The van der Waals surface area contributed by atoms with Crippen molar-refractivity contribution in [3.8, 4) is 0 Å². The Balaban J connectivity index is 2.05. The average molecular weight is 294 g/mol. The normalized spacial score (nSPS) is 22.2. The molecule has 1 heterocycles. The molecule has 2 rings (SSSR count). The van der Waals surface area contributed by atoms with Crippen molar-refractivity contribution >= 4 is 17.6 Å². The van der Waals surface area contributed by atoms with E-state index in [1.165, 1.54) is 12.1 Å². The highest BCUT2D eigenvalue weighted by atomic mass is 19.1. The Morgan fingerprint density at radius 2 is 2.19 bits per heavy atom. The fourth-order valence-corrected chi connectivity index (χ4v) is 2.61. The number of carboxylic acid groups (broad SMARTS) is 1. The van der Waals surface area contributed by atoms with E-state index < -0.39 is 17.3 Å². The third kappa shape index (κ3) is 3.21. The number of hydrogen-bond donors (Lipinski definition) is 2. The monoisotopic (exact) mass is 294 g/mol. The molecule has 1 aromatic carbocycles. The summed E-state index contributed by atoms with van der Waals surface area (Å²) in [4.78, 5) is 25.1. The summed E-state index contributed by atoms with van der Waals surface area (Å²) in [6, 6.07) is 4.17. The maximum atomic E-state index is 13.2. The largest absolute Gasteiger partial charge is 0.480 e. The van der Waals surface area contributed by atoms with Crippen molar-refractivity contribution in [2.75, 3.05) is 18.4 Å².